The van der Waals surface area contributed by atoms with Crippen LogP contribution in [-0.4, -0.2) is 38.5 Å². The number of halogens is 2. The van der Waals surface area contributed by atoms with Crippen LogP contribution in [0.4, 0.5) is 8.78 Å². The van der Waals surface area contributed by atoms with Crippen LogP contribution in [0.15, 0.2) is 40.5 Å². The maximum absolute atomic E-state index is 12.8. The molecule has 1 heterocycles. The van der Waals surface area contributed by atoms with E-state index in [1.165, 1.54) is 32.4 Å². The van der Waals surface area contributed by atoms with Gasteiger partial charge in [0.2, 0.25) is 0 Å². The zero-order valence-electron chi connectivity index (χ0n) is 14.8. The van der Waals surface area contributed by atoms with Crippen LogP contribution in [0.1, 0.15) is 25.3 Å². The van der Waals surface area contributed by atoms with Gasteiger partial charge in [0.1, 0.15) is 11.7 Å². The van der Waals surface area contributed by atoms with Crippen molar-refractivity contribution in [3.8, 4) is 5.75 Å². The Morgan fingerprint density at radius 1 is 1.12 bits per heavy atom. The summed E-state index contributed by atoms with van der Waals surface area (Å²) in [7, 11) is 2.40. The number of carbonyl (C=O) groups excluding carboxylic acids is 2. The molecule has 2 atom stereocenters. The van der Waals surface area contributed by atoms with Crippen LogP contribution in [0.5, 0.6) is 5.75 Å². The summed E-state index contributed by atoms with van der Waals surface area (Å²) in [5, 5.41) is 0. The number of hydrogen-bond acceptors (Lipinski definition) is 6. The smallest absolute Gasteiger partial charge is 0.387 e. The number of esters is 2. The summed E-state index contributed by atoms with van der Waals surface area (Å²) in [4.78, 5) is 29.0. The Labute approximate surface area is 149 Å². The van der Waals surface area contributed by atoms with Gasteiger partial charge in [-0.1, -0.05) is 18.2 Å². The highest BCUT2D eigenvalue weighted by Gasteiger charge is 2.43. The maximum Gasteiger partial charge on any atom is 0.387 e. The number of methoxy groups -OCH3 is 2. The summed E-state index contributed by atoms with van der Waals surface area (Å²) in [5.74, 6) is -3.38. The normalized spacial score (nSPS) is 19.9. The molecule has 1 aliphatic rings. The van der Waals surface area contributed by atoms with Crippen LogP contribution < -0.4 is 4.74 Å². The number of aliphatic imine (C=N–C) groups is 1. The standard InChI is InChI=1S/C18H19F2NO5/c1-9-13(16(22)24-3)15(14(10(2)21-9)17(23)25-4)11-7-5-6-8-12(11)26-18(19)20/h5-8,13,15,18H,1-4H3. The van der Waals surface area contributed by atoms with Gasteiger partial charge in [0.05, 0.1) is 19.8 Å². The monoisotopic (exact) mass is 367 g/mol. The highest BCUT2D eigenvalue weighted by Crippen LogP contribution is 2.43. The van der Waals surface area contributed by atoms with Crippen molar-refractivity contribution in [2.75, 3.05) is 14.2 Å². The molecule has 0 aromatic heterocycles. The van der Waals surface area contributed by atoms with E-state index in [4.69, 9.17) is 9.47 Å². The van der Waals surface area contributed by atoms with Crippen LogP contribution in [0, 0.1) is 5.92 Å². The molecular weight excluding hydrogens is 348 g/mol. The summed E-state index contributed by atoms with van der Waals surface area (Å²) in [6.45, 7) is 0.146. The number of alkyl halides is 2. The lowest BCUT2D eigenvalue weighted by atomic mass is 9.75. The predicted octanol–water partition coefficient (Wildman–Crippen LogP) is 3.08. The van der Waals surface area contributed by atoms with Gasteiger partial charge in [-0.15, -0.1) is 0 Å². The molecule has 6 nitrogen and oxygen atoms in total. The third-order valence-corrected chi connectivity index (χ3v) is 4.16. The van der Waals surface area contributed by atoms with Crippen molar-refractivity contribution >= 4 is 17.7 Å². The Kier molecular flexibility index (Phi) is 6.07. The second-order valence-corrected chi connectivity index (χ2v) is 5.64. The third-order valence-electron chi connectivity index (χ3n) is 4.16. The van der Waals surface area contributed by atoms with Crippen LogP contribution in [0.2, 0.25) is 0 Å². The summed E-state index contributed by atoms with van der Waals surface area (Å²) in [6.07, 6.45) is 0. The van der Waals surface area contributed by atoms with E-state index in [1.54, 1.807) is 19.9 Å². The molecule has 0 N–H and O–H groups in total. The van der Waals surface area contributed by atoms with E-state index in [1.807, 2.05) is 0 Å². The molecule has 0 fully saturated rings. The quantitative estimate of drug-likeness (QED) is 0.748. The first-order valence-corrected chi connectivity index (χ1v) is 7.77. The first-order valence-electron chi connectivity index (χ1n) is 7.77. The largest absolute Gasteiger partial charge is 0.468 e. The number of carbonyl (C=O) groups is 2. The van der Waals surface area contributed by atoms with Crippen molar-refractivity contribution in [1.82, 2.24) is 0 Å². The van der Waals surface area contributed by atoms with Gasteiger partial charge in [-0.25, -0.2) is 4.79 Å². The third kappa shape index (κ3) is 3.74. The molecule has 0 bridgehead atoms. The van der Waals surface area contributed by atoms with E-state index in [0.717, 1.165) is 0 Å². The highest BCUT2D eigenvalue weighted by molar-refractivity contribution is 6.07. The van der Waals surface area contributed by atoms with Gasteiger partial charge >= 0.3 is 18.6 Å². The zero-order valence-corrected chi connectivity index (χ0v) is 14.8. The van der Waals surface area contributed by atoms with Crippen LogP contribution in [-0.2, 0) is 19.1 Å². The Balaban J connectivity index is 2.71. The Morgan fingerprint density at radius 2 is 1.77 bits per heavy atom. The molecule has 0 radical (unpaired) electrons. The van der Waals surface area contributed by atoms with Gasteiger partial charge in [-0.3, -0.25) is 9.79 Å². The van der Waals surface area contributed by atoms with Crippen LogP contribution >= 0.6 is 0 Å². The maximum atomic E-state index is 12.8. The van der Waals surface area contributed by atoms with E-state index in [9.17, 15) is 18.4 Å². The lowest BCUT2D eigenvalue weighted by Gasteiger charge is -2.31. The van der Waals surface area contributed by atoms with E-state index < -0.39 is 30.4 Å². The summed E-state index contributed by atoms with van der Waals surface area (Å²) in [6, 6.07) is 5.99. The van der Waals surface area contributed by atoms with Crippen molar-refractivity contribution in [2.45, 2.75) is 26.4 Å². The predicted molar refractivity (Wildman–Crippen MR) is 89.1 cm³/mol. The van der Waals surface area contributed by atoms with Gasteiger partial charge in [0, 0.05) is 22.9 Å². The minimum atomic E-state index is -3.06. The molecule has 140 valence electrons. The van der Waals surface area contributed by atoms with Crippen molar-refractivity contribution < 1.29 is 32.6 Å². The highest BCUT2D eigenvalue weighted by atomic mass is 19.3. The van der Waals surface area contributed by atoms with E-state index >= 15 is 0 Å². The molecule has 0 saturated heterocycles. The number of para-hydroxylation sites is 1. The number of hydrogen-bond donors (Lipinski definition) is 0. The number of nitrogens with zero attached hydrogens (tertiary/aromatic N) is 1. The lowest BCUT2D eigenvalue weighted by Crippen LogP contribution is -2.36. The average molecular weight is 367 g/mol. The van der Waals surface area contributed by atoms with E-state index in [2.05, 4.69) is 9.73 Å². The number of rotatable bonds is 5. The van der Waals surface area contributed by atoms with Crippen LogP contribution in [0.25, 0.3) is 0 Å². The molecule has 0 aliphatic carbocycles. The van der Waals surface area contributed by atoms with E-state index in [-0.39, 0.29) is 16.9 Å². The molecule has 8 heteroatoms. The van der Waals surface area contributed by atoms with Crippen molar-refractivity contribution in [3.63, 3.8) is 0 Å². The lowest BCUT2D eigenvalue weighted by molar-refractivity contribution is -0.143. The van der Waals surface area contributed by atoms with Gasteiger partial charge in [-0.2, -0.15) is 8.78 Å². The summed E-state index contributed by atoms with van der Waals surface area (Å²) >= 11 is 0. The summed E-state index contributed by atoms with van der Waals surface area (Å²) < 4.78 is 39.9. The SMILES string of the molecule is COC(=O)C1=C(C)N=C(C)C(C(=O)OC)C1c1ccccc1OC(F)F. The molecule has 0 spiro atoms. The number of ether oxygens (including phenoxy) is 3. The second kappa shape index (κ2) is 8.07. The van der Waals surface area contributed by atoms with Gasteiger partial charge in [0.15, 0.2) is 0 Å². The molecule has 1 aromatic rings. The fourth-order valence-electron chi connectivity index (χ4n) is 3.12. The number of benzene rings is 1. The molecule has 2 unspecified atom stereocenters. The molecule has 2 rings (SSSR count). The van der Waals surface area contributed by atoms with E-state index in [0.29, 0.717) is 11.4 Å². The van der Waals surface area contributed by atoms with Gasteiger partial charge in [-0.05, 0) is 19.9 Å². The molecule has 0 saturated carbocycles. The molecule has 1 aliphatic heterocycles. The Bertz CT molecular complexity index is 773. The second-order valence-electron chi connectivity index (χ2n) is 5.64. The minimum absolute atomic E-state index is 0.0961. The van der Waals surface area contributed by atoms with Crippen molar-refractivity contribution in [1.29, 1.82) is 0 Å². The average Bonchev–Trinajstić information content (AvgIpc) is 2.60. The molecule has 0 amide bonds. The molecule has 1 aromatic carbocycles. The summed E-state index contributed by atoms with van der Waals surface area (Å²) in [5.41, 5.74) is 1.08. The number of allylic oxidation sites excluding steroid dienone is 1. The first kappa shape index (κ1) is 19.6. The van der Waals surface area contributed by atoms with Crippen LogP contribution in [0.3, 0.4) is 0 Å². The van der Waals surface area contributed by atoms with Crippen molar-refractivity contribution in [2.24, 2.45) is 10.9 Å². The fraction of sp³-hybridized carbons (Fsp3) is 0.389. The fourth-order valence-corrected chi connectivity index (χ4v) is 3.12. The zero-order chi connectivity index (χ0) is 19.4. The molecular formula is C18H19F2NO5. The van der Waals surface area contributed by atoms with Gasteiger partial charge in [0.25, 0.3) is 0 Å². The topological polar surface area (TPSA) is 74.2 Å². The minimum Gasteiger partial charge on any atom is -0.468 e. The Hall–Kier alpha value is -2.77. The van der Waals surface area contributed by atoms with Gasteiger partial charge < -0.3 is 14.2 Å². The molecule has 26 heavy (non-hydrogen) atoms. The first-order chi connectivity index (χ1) is 12.3. The van der Waals surface area contributed by atoms with Crippen molar-refractivity contribution in [3.05, 3.63) is 41.1 Å². The Morgan fingerprint density at radius 3 is 2.35 bits per heavy atom.